The van der Waals surface area contributed by atoms with E-state index in [0.717, 1.165) is 0 Å². The number of nitrogens with zero attached hydrogens (tertiary/aromatic N) is 1. The second-order valence-corrected chi connectivity index (χ2v) is 5.78. The Kier molecular flexibility index (Phi) is 6.75. The molecule has 3 aromatic rings. The number of benzene rings is 3. The molecule has 0 radical (unpaired) electrons. The van der Waals surface area contributed by atoms with Gasteiger partial charge in [-0.15, -0.1) is 12.4 Å². The minimum Gasteiger partial charge on any atom is -0.300 e. The van der Waals surface area contributed by atoms with Crippen molar-refractivity contribution in [1.82, 2.24) is 5.32 Å². The molecule has 0 fully saturated rings. The Labute approximate surface area is 159 Å². The Hall–Kier alpha value is -2.85. The van der Waals surface area contributed by atoms with Crippen LogP contribution in [0.1, 0.15) is 29.7 Å². The fraction of sp³-hybridized carbons (Fsp3) is 0.136. The summed E-state index contributed by atoms with van der Waals surface area (Å²) in [7, 11) is 0. The number of halogens is 2. The number of nitrogens with one attached hydrogen (secondary N) is 1. The Morgan fingerprint density at radius 1 is 1.08 bits per heavy atom. The van der Waals surface area contributed by atoms with Gasteiger partial charge in [0.25, 0.3) is 0 Å². The average Bonchev–Trinajstić information content (AvgIpc) is 2.65. The lowest BCUT2D eigenvalue weighted by atomic mass is 10.00. The summed E-state index contributed by atoms with van der Waals surface area (Å²) in [6.07, 6.45) is 0. The second kappa shape index (κ2) is 9.02. The van der Waals surface area contributed by atoms with Crippen LogP contribution in [0.25, 0.3) is 10.8 Å². The topological polar surface area (TPSA) is 35.8 Å². The monoisotopic (exact) mass is 364 g/mol. The van der Waals surface area contributed by atoms with Gasteiger partial charge in [0, 0.05) is 11.6 Å². The molecule has 0 bridgehead atoms. The number of hydrogen-bond acceptors (Lipinski definition) is 2. The molecule has 0 saturated carbocycles. The van der Waals surface area contributed by atoms with Crippen molar-refractivity contribution in [3.05, 3.63) is 83.2 Å². The average molecular weight is 365 g/mol. The lowest BCUT2D eigenvalue weighted by molar-refractivity contribution is 0.623. The van der Waals surface area contributed by atoms with E-state index in [1.54, 1.807) is 6.07 Å². The summed E-state index contributed by atoms with van der Waals surface area (Å²) >= 11 is 0. The predicted octanol–water partition coefficient (Wildman–Crippen LogP) is 4.97. The quantitative estimate of drug-likeness (QED) is 0.666. The van der Waals surface area contributed by atoms with E-state index < -0.39 is 5.82 Å². The Morgan fingerprint density at radius 2 is 1.85 bits per heavy atom. The molecule has 26 heavy (non-hydrogen) atoms. The Morgan fingerprint density at radius 3 is 2.65 bits per heavy atom. The summed E-state index contributed by atoms with van der Waals surface area (Å²) in [4.78, 5) is 0. The van der Waals surface area contributed by atoms with E-state index in [1.165, 1.54) is 28.5 Å². The van der Waals surface area contributed by atoms with Gasteiger partial charge in [-0.25, -0.2) is 4.39 Å². The molecule has 3 rings (SSSR count). The smallest absolute Gasteiger partial charge is 0.141 e. The van der Waals surface area contributed by atoms with Crippen molar-refractivity contribution in [3.63, 3.8) is 0 Å². The zero-order valence-electron chi connectivity index (χ0n) is 14.3. The molecule has 0 saturated heterocycles. The third-order valence-corrected chi connectivity index (χ3v) is 4.11. The van der Waals surface area contributed by atoms with Gasteiger partial charge in [-0.05, 0) is 41.5 Å². The Balaban J connectivity index is 0.00000243. The zero-order chi connectivity index (χ0) is 17.6. The maximum absolute atomic E-state index is 13.3. The van der Waals surface area contributed by atoms with Crippen molar-refractivity contribution in [2.45, 2.75) is 13.0 Å². The van der Waals surface area contributed by atoms with Gasteiger partial charge >= 0.3 is 0 Å². The molecule has 2 nitrogen and oxygen atoms in total. The highest BCUT2D eigenvalue weighted by atomic mass is 35.5. The SMILES string of the molecule is CC(NCC#Cc1ccc(F)c(C#N)c1)c1cccc2ccccc12.Cl. The summed E-state index contributed by atoms with van der Waals surface area (Å²) in [6.45, 7) is 2.61. The zero-order valence-corrected chi connectivity index (χ0v) is 15.1. The molecule has 1 unspecified atom stereocenters. The molecule has 1 atom stereocenters. The van der Waals surface area contributed by atoms with Gasteiger partial charge in [0.1, 0.15) is 11.9 Å². The number of nitriles is 1. The predicted molar refractivity (Wildman–Crippen MR) is 106 cm³/mol. The van der Waals surface area contributed by atoms with Crippen molar-refractivity contribution in [1.29, 1.82) is 5.26 Å². The highest BCUT2D eigenvalue weighted by molar-refractivity contribution is 5.86. The van der Waals surface area contributed by atoms with Crippen LogP contribution >= 0.6 is 12.4 Å². The van der Waals surface area contributed by atoms with Crippen LogP contribution in [0.4, 0.5) is 4.39 Å². The number of hydrogen-bond donors (Lipinski definition) is 1. The molecule has 3 aromatic carbocycles. The molecular formula is C22H18ClFN2. The molecule has 4 heteroatoms. The molecular weight excluding hydrogens is 347 g/mol. The van der Waals surface area contributed by atoms with E-state index in [1.807, 2.05) is 18.2 Å². The molecule has 0 aliphatic heterocycles. The molecule has 130 valence electrons. The van der Waals surface area contributed by atoms with Crippen molar-refractivity contribution in [2.75, 3.05) is 6.54 Å². The highest BCUT2D eigenvalue weighted by Gasteiger charge is 2.07. The van der Waals surface area contributed by atoms with E-state index in [0.29, 0.717) is 12.1 Å². The second-order valence-electron chi connectivity index (χ2n) is 5.78. The first-order valence-corrected chi connectivity index (χ1v) is 8.08. The minimum atomic E-state index is -0.518. The van der Waals surface area contributed by atoms with Crippen molar-refractivity contribution in [2.24, 2.45) is 0 Å². The molecule has 0 amide bonds. The number of rotatable bonds is 3. The maximum atomic E-state index is 13.3. The third-order valence-electron chi connectivity index (χ3n) is 4.11. The molecule has 0 aromatic heterocycles. The van der Waals surface area contributed by atoms with Crippen LogP contribution in [0.2, 0.25) is 0 Å². The van der Waals surface area contributed by atoms with E-state index in [-0.39, 0.29) is 24.0 Å². The first-order valence-electron chi connectivity index (χ1n) is 8.08. The van der Waals surface area contributed by atoms with Gasteiger partial charge < -0.3 is 0 Å². The van der Waals surface area contributed by atoms with E-state index >= 15 is 0 Å². The number of fused-ring (bicyclic) bond motifs is 1. The van der Waals surface area contributed by atoms with Crippen LogP contribution in [0.15, 0.2) is 60.7 Å². The molecule has 0 aliphatic carbocycles. The van der Waals surface area contributed by atoms with Gasteiger partial charge in [-0.2, -0.15) is 5.26 Å². The van der Waals surface area contributed by atoms with Gasteiger partial charge in [0.2, 0.25) is 0 Å². The van der Waals surface area contributed by atoms with Crippen LogP contribution < -0.4 is 5.32 Å². The largest absolute Gasteiger partial charge is 0.300 e. The van der Waals surface area contributed by atoms with E-state index in [2.05, 4.69) is 54.4 Å². The van der Waals surface area contributed by atoms with Crippen molar-refractivity contribution in [3.8, 4) is 17.9 Å². The van der Waals surface area contributed by atoms with Crippen LogP contribution in [0.5, 0.6) is 0 Å². The lowest BCUT2D eigenvalue weighted by Crippen LogP contribution is -2.19. The summed E-state index contributed by atoms with van der Waals surface area (Å²) in [6, 6.07) is 20.9. The first-order chi connectivity index (χ1) is 12.2. The molecule has 0 spiro atoms. The first kappa shape index (κ1) is 19.5. The third kappa shape index (κ3) is 4.41. The van der Waals surface area contributed by atoms with Crippen molar-refractivity contribution < 1.29 is 4.39 Å². The van der Waals surface area contributed by atoms with Crippen LogP contribution in [0.3, 0.4) is 0 Å². The van der Waals surface area contributed by atoms with E-state index in [4.69, 9.17) is 5.26 Å². The van der Waals surface area contributed by atoms with E-state index in [9.17, 15) is 4.39 Å². The van der Waals surface area contributed by atoms with Crippen LogP contribution in [-0.4, -0.2) is 6.54 Å². The van der Waals surface area contributed by atoms with Gasteiger partial charge in [0.05, 0.1) is 12.1 Å². The van der Waals surface area contributed by atoms with Gasteiger partial charge in [-0.3, -0.25) is 5.32 Å². The summed E-state index contributed by atoms with van der Waals surface area (Å²) in [5.41, 5.74) is 1.88. The summed E-state index contributed by atoms with van der Waals surface area (Å²) in [5, 5.41) is 14.7. The Bertz CT molecular complexity index is 1010. The minimum absolute atomic E-state index is 0. The van der Waals surface area contributed by atoms with Crippen molar-refractivity contribution >= 4 is 23.2 Å². The molecule has 1 N–H and O–H groups in total. The summed E-state index contributed by atoms with van der Waals surface area (Å²) in [5.74, 6) is 5.47. The standard InChI is InChI=1S/C22H17FN2.ClH/c1-16(20-10-4-8-18-7-2-3-9-21(18)20)25-13-5-6-17-11-12-22(23)19(14-17)15-24;/h2-4,7-12,14,16,25H,13H2,1H3;1H. The molecule has 0 aliphatic rings. The van der Waals surface area contributed by atoms with Gasteiger partial charge in [-0.1, -0.05) is 54.3 Å². The summed E-state index contributed by atoms with van der Waals surface area (Å²) < 4.78 is 13.3. The molecule has 0 heterocycles. The highest BCUT2D eigenvalue weighted by Crippen LogP contribution is 2.23. The maximum Gasteiger partial charge on any atom is 0.141 e. The van der Waals surface area contributed by atoms with Gasteiger partial charge in [0.15, 0.2) is 0 Å². The van der Waals surface area contributed by atoms with Crippen LogP contribution in [-0.2, 0) is 0 Å². The van der Waals surface area contributed by atoms with Crippen LogP contribution in [0, 0.1) is 29.0 Å². The normalized spacial score (nSPS) is 11.0. The lowest BCUT2D eigenvalue weighted by Gasteiger charge is -2.15. The fourth-order valence-electron chi connectivity index (χ4n) is 2.78. The fourth-order valence-corrected chi connectivity index (χ4v) is 2.78.